The first-order valence-electron chi connectivity index (χ1n) is 4.73. The Morgan fingerprint density at radius 3 is 2.71 bits per heavy atom. The number of hydrogen-bond acceptors (Lipinski definition) is 3. The first-order valence-corrected chi connectivity index (χ1v) is 5.99. The molecule has 0 aromatic carbocycles. The van der Waals surface area contributed by atoms with Crippen LogP contribution in [0.15, 0.2) is 11.4 Å². The van der Waals surface area contributed by atoms with E-state index in [1.165, 1.54) is 17.8 Å². The maximum absolute atomic E-state index is 6.19. The Morgan fingerprint density at radius 1 is 1.64 bits per heavy atom. The van der Waals surface area contributed by atoms with Gasteiger partial charge in [0.05, 0.1) is 16.0 Å². The molecule has 2 rings (SSSR count). The van der Waals surface area contributed by atoms with Gasteiger partial charge in [0.2, 0.25) is 0 Å². The van der Waals surface area contributed by atoms with Crippen molar-refractivity contribution in [2.75, 3.05) is 7.11 Å². The number of thiophene rings is 1. The van der Waals surface area contributed by atoms with E-state index in [0.717, 1.165) is 22.7 Å². The minimum absolute atomic E-state index is 0.0833. The molecular weight excluding hydrogens is 218 g/mol. The fourth-order valence-corrected chi connectivity index (χ4v) is 2.98. The van der Waals surface area contributed by atoms with Crippen LogP contribution in [-0.2, 0) is 4.74 Å². The molecule has 78 valence electrons. The van der Waals surface area contributed by atoms with E-state index in [4.69, 9.17) is 22.1 Å². The summed E-state index contributed by atoms with van der Waals surface area (Å²) in [5, 5.41) is 1.97. The molecule has 2 N–H and O–H groups in total. The molecule has 1 aromatic heterocycles. The second-order valence-corrected chi connectivity index (χ2v) is 5.27. The average molecular weight is 232 g/mol. The molecule has 0 aliphatic heterocycles. The van der Waals surface area contributed by atoms with Crippen LogP contribution >= 0.6 is 22.9 Å². The molecule has 0 saturated heterocycles. The van der Waals surface area contributed by atoms with Crippen molar-refractivity contribution in [3.8, 4) is 0 Å². The SMILES string of the molecule is COC1(C(N)c2ccsc2Cl)CCC1. The van der Waals surface area contributed by atoms with E-state index in [1.54, 1.807) is 7.11 Å². The van der Waals surface area contributed by atoms with Gasteiger partial charge in [-0.25, -0.2) is 0 Å². The molecule has 2 nitrogen and oxygen atoms in total. The Kier molecular flexibility index (Phi) is 2.84. The number of ether oxygens (including phenoxy) is 1. The highest BCUT2D eigenvalue weighted by molar-refractivity contribution is 7.14. The summed E-state index contributed by atoms with van der Waals surface area (Å²) in [6.07, 6.45) is 3.27. The first kappa shape index (κ1) is 10.4. The van der Waals surface area contributed by atoms with E-state index < -0.39 is 0 Å². The Labute approximate surface area is 93.0 Å². The highest BCUT2D eigenvalue weighted by Gasteiger charge is 2.44. The van der Waals surface area contributed by atoms with Crippen molar-refractivity contribution in [3.63, 3.8) is 0 Å². The molecule has 4 heteroatoms. The van der Waals surface area contributed by atoms with Crippen LogP contribution in [0.4, 0.5) is 0 Å². The maximum Gasteiger partial charge on any atom is 0.0977 e. The van der Waals surface area contributed by atoms with E-state index in [1.807, 2.05) is 11.4 Å². The molecule has 0 radical (unpaired) electrons. The van der Waals surface area contributed by atoms with Crippen LogP contribution in [-0.4, -0.2) is 12.7 Å². The summed E-state index contributed by atoms with van der Waals surface area (Å²) in [6.45, 7) is 0. The Hall–Kier alpha value is -0.0900. The molecule has 14 heavy (non-hydrogen) atoms. The van der Waals surface area contributed by atoms with Gasteiger partial charge >= 0.3 is 0 Å². The Bertz CT molecular complexity index is 316. The van der Waals surface area contributed by atoms with Crippen LogP contribution < -0.4 is 5.73 Å². The summed E-state index contributed by atoms with van der Waals surface area (Å²) in [6, 6.07) is 1.91. The second kappa shape index (κ2) is 3.81. The molecule has 0 amide bonds. The van der Waals surface area contributed by atoms with E-state index in [2.05, 4.69) is 0 Å². The Balaban J connectivity index is 2.22. The standard InChI is InChI=1S/C10H14ClNOS/c1-13-10(4-2-5-10)8(12)7-3-6-14-9(7)11/h3,6,8H,2,4-5,12H2,1H3. The van der Waals surface area contributed by atoms with Crippen molar-refractivity contribution in [1.29, 1.82) is 0 Å². The van der Waals surface area contributed by atoms with Gasteiger partial charge in [-0.3, -0.25) is 0 Å². The van der Waals surface area contributed by atoms with Crippen molar-refractivity contribution >= 4 is 22.9 Å². The summed E-state index contributed by atoms with van der Waals surface area (Å²) in [7, 11) is 1.74. The van der Waals surface area contributed by atoms with Crippen LogP contribution in [0, 0.1) is 0 Å². The molecule has 1 aliphatic rings. The van der Waals surface area contributed by atoms with Gasteiger partial charge in [-0.1, -0.05) is 11.6 Å². The van der Waals surface area contributed by atoms with Gasteiger partial charge < -0.3 is 10.5 Å². The van der Waals surface area contributed by atoms with Crippen molar-refractivity contribution in [3.05, 3.63) is 21.3 Å². The van der Waals surface area contributed by atoms with Crippen molar-refractivity contribution in [1.82, 2.24) is 0 Å². The first-order chi connectivity index (χ1) is 6.69. The Morgan fingerprint density at radius 2 is 2.36 bits per heavy atom. The third-order valence-corrected chi connectivity index (χ3v) is 4.35. The van der Waals surface area contributed by atoms with Gasteiger partial charge in [-0.05, 0) is 30.7 Å². The molecular formula is C10H14ClNOS. The summed E-state index contributed by atoms with van der Waals surface area (Å²) >= 11 is 7.59. The number of nitrogens with two attached hydrogens (primary N) is 1. The highest BCUT2D eigenvalue weighted by Crippen LogP contribution is 2.45. The third-order valence-electron chi connectivity index (χ3n) is 3.15. The minimum atomic E-state index is -0.162. The van der Waals surface area contributed by atoms with Crippen LogP contribution in [0.2, 0.25) is 4.34 Å². The molecule has 0 bridgehead atoms. The molecule has 1 fully saturated rings. The summed E-state index contributed by atoms with van der Waals surface area (Å²) < 4.78 is 6.33. The molecule has 0 spiro atoms. The molecule has 1 atom stereocenters. The minimum Gasteiger partial charge on any atom is -0.376 e. The zero-order chi connectivity index (χ0) is 10.2. The third kappa shape index (κ3) is 1.48. The van der Waals surface area contributed by atoms with Gasteiger partial charge in [-0.2, -0.15) is 0 Å². The summed E-state index contributed by atoms with van der Waals surface area (Å²) in [4.78, 5) is 0. The lowest BCUT2D eigenvalue weighted by Gasteiger charge is -2.44. The lowest BCUT2D eigenvalue weighted by atomic mass is 9.73. The molecule has 1 unspecified atom stereocenters. The molecule has 1 heterocycles. The summed E-state index contributed by atoms with van der Waals surface area (Å²) in [5.41, 5.74) is 7.05. The number of hydrogen-bond donors (Lipinski definition) is 1. The van der Waals surface area contributed by atoms with E-state index in [9.17, 15) is 0 Å². The predicted octanol–water partition coefficient (Wildman–Crippen LogP) is 2.97. The van der Waals surface area contributed by atoms with Crippen LogP contribution in [0.1, 0.15) is 30.9 Å². The van der Waals surface area contributed by atoms with E-state index in [-0.39, 0.29) is 11.6 Å². The summed E-state index contributed by atoms with van der Waals surface area (Å²) in [5.74, 6) is 0. The number of halogens is 1. The lowest BCUT2D eigenvalue weighted by molar-refractivity contribution is -0.0910. The number of methoxy groups -OCH3 is 1. The van der Waals surface area contributed by atoms with Crippen LogP contribution in [0.25, 0.3) is 0 Å². The zero-order valence-corrected chi connectivity index (χ0v) is 9.70. The average Bonchev–Trinajstić information content (AvgIpc) is 2.50. The molecule has 1 aliphatic carbocycles. The normalized spacial score (nSPS) is 21.6. The van der Waals surface area contributed by atoms with Crippen LogP contribution in [0.3, 0.4) is 0 Å². The maximum atomic E-state index is 6.19. The van der Waals surface area contributed by atoms with Crippen LogP contribution in [0.5, 0.6) is 0 Å². The van der Waals surface area contributed by atoms with Crippen molar-refractivity contribution in [2.24, 2.45) is 5.73 Å². The van der Waals surface area contributed by atoms with Gasteiger partial charge in [0.1, 0.15) is 0 Å². The van der Waals surface area contributed by atoms with Gasteiger partial charge in [-0.15, -0.1) is 11.3 Å². The van der Waals surface area contributed by atoms with Gasteiger partial charge in [0.25, 0.3) is 0 Å². The lowest BCUT2D eigenvalue weighted by Crippen LogP contribution is -2.48. The largest absolute Gasteiger partial charge is 0.376 e. The molecule has 1 aromatic rings. The van der Waals surface area contributed by atoms with E-state index >= 15 is 0 Å². The zero-order valence-electron chi connectivity index (χ0n) is 8.13. The second-order valence-electron chi connectivity index (χ2n) is 3.75. The van der Waals surface area contributed by atoms with E-state index in [0.29, 0.717) is 0 Å². The van der Waals surface area contributed by atoms with Gasteiger partial charge in [0, 0.05) is 12.7 Å². The quantitative estimate of drug-likeness (QED) is 0.868. The monoisotopic (exact) mass is 231 g/mol. The topological polar surface area (TPSA) is 35.2 Å². The van der Waals surface area contributed by atoms with Crippen molar-refractivity contribution < 1.29 is 4.74 Å². The van der Waals surface area contributed by atoms with Gasteiger partial charge in [0.15, 0.2) is 0 Å². The smallest absolute Gasteiger partial charge is 0.0977 e. The fourth-order valence-electron chi connectivity index (χ4n) is 1.98. The molecule has 1 saturated carbocycles. The predicted molar refractivity (Wildman–Crippen MR) is 59.8 cm³/mol. The fraction of sp³-hybridized carbons (Fsp3) is 0.600. The number of rotatable bonds is 3. The van der Waals surface area contributed by atoms with Crippen molar-refractivity contribution in [2.45, 2.75) is 30.9 Å². The highest BCUT2D eigenvalue weighted by atomic mass is 35.5.